The van der Waals surface area contributed by atoms with E-state index in [0.29, 0.717) is 6.04 Å². The number of fused-ring (bicyclic) bond motifs is 1. The highest BCUT2D eigenvalue weighted by molar-refractivity contribution is 6.31. The third kappa shape index (κ3) is 2.86. The van der Waals surface area contributed by atoms with E-state index in [2.05, 4.69) is 28.4 Å². The second-order valence-electron chi connectivity index (χ2n) is 5.01. The van der Waals surface area contributed by atoms with Crippen molar-refractivity contribution in [1.29, 1.82) is 0 Å². The predicted molar refractivity (Wildman–Crippen MR) is 81.8 cm³/mol. The second-order valence-corrected chi connectivity index (χ2v) is 5.45. The number of halogens is 1. The third-order valence-electron chi connectivity index (χ3n) is 3.39. The monoisotopic (exact) mass is 288 g/mol. The first kappa shape index (κ1) is 13.2. The number of hydrogen-bond acceptors (Lipinski definition) is 2. The van der Waals surface area contributed by atoms with Gasteiger partial charge in [0.15, 0.2) is 0 Å². The maximum atomic E-state index is 5.99. The SMILES string of the molecule is CC(Cn1cccn1)NCc1c[nH]c2cc(Cl)ccc12. The number of aromatic amines is 1. The van der Waals surface area contributed by atoms with Crippen LogP contribution in [0.25, 0.3) is 10.9 Å². The van der Waals surface area contributed by atoms with E-state index in [1.54, 1.807) is 6.20 Å². The van der Waals surface area contributed by atoms with Crippen LogP contribution in [0.2, 0.25) is 5.02 Å². The molecule has 3 aromatic rings. The van der Waals surface area contributed by atoms with E-state index < -0.39 is 0 Å². The molecule has 0 amide bonds. The summed E-state index contributed by atoms with van der Waals surface area (Å²) >= 11 is 5.99. The highest BCUT2D eigenvalue weighted by Crippen LogP contribution is 2.21. The van der Waals surface area contributed by atoms with Crippen LogP contribution < -0.4 is 5.32 Å². The molecule has 0 spiro atoms. The van der Waals surface area contributed by atoms with Crippen LogP contribution in [-0.4, -0.2) is 20.8 Å². The summed E-state index contributed by atoms with van der Waals surface area (Å²) in [6.45, 7) is 3.85. The summed E-state index contributed by atoms with van der Waals surface area (Å²) in [5.41, 5.74) is 2.33. The van der Waals surface area contributed by atoms with E-state index in [9.17, 15) is 0 Å². The first-order valence-electron chi connectivity index (χ1n) is 6.69. The number of aromatic nitrogens is 3. The Morgan fingerprint density at radius 3 is 3.15 bits per heavy atom. The van der Waals surface area contributed by atoms with Crippen LogP contribution in [0.1, 0.15) is 12.5 Å². The topological polar surface area (TPSA) is 45.6 Å². The first-order chi connectivity index (χ1) is 9.72. The normalized spacial score (nSPS) is 12.9. The first-order valence-corrected chi connectivity index (χ1v) is 7.06. The van der Waals surface area contributed by atoms with Crippen LogP contribution in [0, 0.1) is 0 Å². The molecule has 2 heterocycles. The van der Waals surface area contributed by atoms with Crippen molar-refractivity contribution in [2.45, 2.75) is 26.1 Å². The van der Waals surface area contributed by atoms with Crippen molar-refractivity contribution in [2.75, 3.05) is 0 Å². The summed E-state index contributed by atoms with van der Waals surface area (Å²) in [6.07, 6.45) is 5.82. The fraction of sp³-hybridized carbons (Fsp3) is 0.267. The lowest BCUT2D eigenvalue weighted by Crippen LogP contribution is -2.30. The van der Waals surface area contributed by atoms with Gasteiger partial charge in [-0.2, -0.15) is 5.10 Å². The third-order valence-corrected chi connectivity index (χ3v) is 3.63. The van der Waals surface area contributed by atoms with Gasteiger partial charge >= 0.3 is 0 Å². The van der Waals surface area contributed by atoms with Crippen molar-refractivity contribution < 1.29 is 0 Å². The van der Waals surface area contributed by atoms with Gasteiger partial charge in [0.25, 0.3) is 0 Å². The van der Waals surface area contributed by atoms with Crippen LogP contribution in [0.15, 0.2) is 42.9 Å². The standard InChI is InChI=1S/C15H17ClN4/c1-11(10-20-6-2-5-19-20)17-8-12-9-18-15-7-13(16)3-4-14(12)15/h2-7,9,11,17-18H,8,10H2,1H3. The Morgan fingerprint density at radius 1 is 1.45 bits per heavy atom. The van der Waals surface area contributed by atoms with Gasteiger partial charge in [0.2, 0.25) is 0 Å². The number of H-pyrrole nitrogens is 1. The zero-order valence-electron chi connectivity index (χ0n) is 11.3. The van der Waals surface area contributed by atoms with Crippen molar-refractivity contribution in [2.24, 2.45) is 0 Å². The molecule has 1 atom stereocenters. The van der Waals surface area contributed by atoms with Gasteiger partial charge in [0.05, 0.1) is 6.54 Å². The molecule has 0 aliphatic rings. The Hall–Kier alpha value is -1.78. The highest BCUT2D eigenvalue weighted by atomic mass is 35.5. The lowest BCUT2D eigenvalue weighted by atomic mass is 10.1. The summed E-state index contributed by atoms with van der Waals surface area (Å²) in [5, 5.41) is 9.70. The zero-order valence-corrected chi connectivity index (χ0v) is 12.1. The van der Waals surface area contributed by atoms with Gasteiger partial charge in [-0.05, 0) is 30.7 Å². The molecule has 104 valence electrons. The van der Waals surface area contributed by atoms with E-state index in [1.165, 1.54) is 10.9 Å². The minimum absolute atomic E-state index is 0.354. The number of nitrogens with zero attached hydrogens (tertiary/aromatic N) is 2. The summed E-state index contributed by atoms with van der Waals surface area (Å²) in [7, 11) is 0. The van der Waals surface area contributed by atoms with Gasteiger partial charge in [-0.3, -0.25) is 4.68 Å². The molecular weight excluding hydrogens is 272 g/mol. The van der Waals surface area contributed by atoms with Gasteiger partial charge in [-0.25, -0.2) is 0 Å². The van der Waals surface area contributed by atoms with E-state index in [0.717, 1.165) is 23.6 Å². The molecule has 2 aromatic heterocycles. The minimum atomic E-state index is 0.354. The largest absolute Gasteiger partial charge is 0.361 e. The van der Waals surface area contributed by atoms with Crippen molar-refractivity contribution in [3.63, 3.8) is 0 Å². The maximum absolute atomic E-state index is 5.99. The molecule has 3 rings (SSSR count). The molecule has 1 aromatic carbocycles. The van der Waals surface area contributed by atoms with Gasteiger partial charge in [0, 0.05) is 47.1 Å². The molecule has 5 heteroatoms. The second kappa shape index (κ2) is 5.69. The highest BCUT2D eigenvalue weighted by Gasteiger charge is 2.07. The molecule has 0 saturated carbocycles. The van der Waals surface area contributed by atoms with Crippen LogP contribution in [-0.2, 0) is 13.1 Å². The van der Waals surface area contributed by atoms with Crippen LogP contribution >= 0.6 is 11.6 Å². The smallest absolute Gasteiger partial charge is 0.0560 e. The Balaban J connectivity index is 1.65. The molecule has 0 aliphatic carbocycles. The summed E-state index contributed by atoms with van der Waals surface area (Å²) < 4.78 is 1.94. The Bertz CT molecular complexity index is 687. The van der Waals surface area contributed by atoms with E-state index >= 15 is 0 Å². The lowest BCUT2D eigenvalue weighted by molar-refractivity contribution is 0.451. The Morgan fingerprint density at radius 2 is 2.35 bits per heavy atom. The zero-order chi connectivity index (χ0) is 13.9. The average molecular weight is 289 g/mol. The quantitative estimate of drug-likeness (QED) is 0.757. The fourth-order valence-electron chi connectivity index (χ4n) is 2.34. The van der Waals surface area contributed by atoms with Crippen LogP contribution in [0.5, 0.6) is 0 Å². The van der Waals surface area contributed by atoms with E-state index in [1.807, 2.05) is 35.3 Å². The van der Waals surface area contributed by atoms with Crippen molar-refractivity contribution in [3.8, 4) is 0 Å². The molecular formula is C15H17ClN4. The Kier molecular flexibility index (Phi) is 3.76. The van der Waals surface area contributed by atoms with E-state index in [-0.39, 0.29) is 0 Å². The number of hydrogen-bond donors (Lipinski definition) is 2. The van der Waals surface area contributed by atoms with Gasteiger partial charge in [-0.15, -0.1) is 0 Å². The van der Waals surface area contributed by atoms with Crippen LogP contribution in [0.3, 0.4) is 0 Å². The Labute approximate surface area is 122 Å². The van der Waals surface area contributed by atoms with Gasteiger partial charge < -0.3 is 10.3 Å². The van der Waals surface area contributed by atoms with Gasteiger partial charge in [-0.1, -0.05) is 17.7 Å². The maximum Gasteiger partial charge on any atom is 0.0560 e. The van der Waals surface area contributed by atoms with Crippen molar-refractivity contribution >= 4 is 22.5 Å². The molecule has 0 saturated heterocycles. The fourth-order valence-corrected chi connectivity index (χ4v) is 2.51. The van der Waals surface area contributed by atoms with Crippen molar-refractivity contribution in [1.82, 2.24) is 20.1 Å². The molecule has 2 N–H and O–H groups in total. The lowest BCUT2D eigenvalue weighted by Gasteiger charge is -2.13. The molecule has 0 aliphatic heterocycles. The van der Waals surface area contributed by atoms with Crippen LogP contribution in [0.4, 0.5) is 0 Å². The number of benzene rings is 1. The summed E-state index contributed by atoms with van der Waals surface area (Å²) in [4.78, 5) is 3.26. The van der Waals surface area contributed by atoms with Gasteiger partial charge in [0.1, 0.15) is 0 Å². The molecule has 0 fully saturated rings. The number of rotatable bonds is 5. The predicted octanol–water partition coefficient (Wildman–Crippen LogP) is 3.20. The molecule has 20 heavy (non-hydrogen) atoms. The minimum Gasteiger partial charge on any atom is -0.361 e. The molecule has 4 nitrogen and oxygen atoms in total. The summed E-state index contributed by atoms with van der Waals surface area (Å²) in [5.74, 6) is 0. The molecule has 0 bridgehead atoms. The molecule has 1 unspecified atom stereocenters. The molecule has 0 radical (unpaired) electrons. The van der Waals surface area contributed by atoms with E-state index in [4.69, 9.17) is 11.6 Å². The van der Waals surface area contributed by atoms with Crippen molar-refractivity contribution in [3.05, 3.63) is 53.4 Å². The summed E-state index contributed by atoms with van der Waals surface area (Å²) in [6, 6.07) is 8.23. The average Bonchev–Trinajstić information content (AvgIpc) is 3.05. The number of nitrogens with one attached hydrogen (secondary N) is 2.